The number of thiol groups is 1. The zero-order valence-corrected chi connectivity index (χ0v) is 9.00. The van der Waals surface area contributed by atoms with Gasteiger partial charge in [-0.05, 0) is 35.0 Å². The summed E-state index contributed by atoms with van der Waals surface area (Å²) in [6.07, 6.45) is 0. The summed E-state index contributed by atoms with van der Waals surface area (Å²) >= 11 is 10.1. The Morgan fingerprint density at radius 3 is 2.79 bits per heavy atom. The van der Waals surface area contributed by atoms with Crippen LogP contribution in [0.5, 0.6) is 0 Å². The Balaban J connectivity index is 2.53. The summed E-state index contributed by atoms with van der Waals surface area (Å²) in [7, 11) is 0. The fraction of sp³-hybridized carbons (Fsp3) is 0.125. The lowest BCUT2D eigenvalue weighted by molar-refractivity contribution is 0.758. The molecule has 0 saturated carbocycles. The van der Waals surface area contributed by atoms with Crippen LogP contribution in [0.2, 0.25) is 5.02 Å². The first-order chi connectivity index (χ1) is 6.68. The molecule has 0 fully saturated rings. The molecule has 0 aliphatic rings. The van der Waals surface area contributed by atoms with Crippen molar-refractivity contribution in [1.29, 1.82) is 0 Å². The van der Waals surface area contributed by atoms with E-state index in [9.17, 15) is 0 Å². The molecule has 14 heavy (non-hydrogen) atoms. The van der Waals surface area contributed by atoms with Gasteiger partial charge in [-0.2, -0.15) is 4.68 Å². The molecule has 0 radical (unpaired) electrons. The Labute approximate surface area is 91.3 Å². The van der Waals surface area contributed by atoms with Crippen LogP contribution in [0, 0.1) is 6.92 Å². The number of tetrazole rings is 1. The number of halogens is 1. The van der Waals surface area contributed by atoms with Crippen LogP contribution in [-0.4, -0.2) is 20.2 Å². The van der Waals surface area contributed by atoms with Crippen molar-refractivity contribution in [3.63, 3.8) is 0 Å². The van der Waals surface area contributed by atoms with Gasteiger partial charge in [-0.1, -0.05) is 17.7 Å². The second kappa shape index (κ2) is 3.59. The molecule has 2 aromatic rings. The average molecular weight is 227 g/mol. The van der Waals surface area contributed by atoms with Crippen LogP contribution < -0.4 is 0 Å². The van der Waals surface area contributed by atoms with Crippen molar-refractivity contribution in [1.82, 2.24) is 20.2 Å². The zero-order chi connectivity index (χ0) is 10.1. The normalized spacial score (nSPS) is 10.5. The van der Waals surface area contributed by atoms with E-state index in [1.54, 1.807) is 6.07 Å². The topological polar surface area (TPSA) is 43.6 Å². The summed E-state index contributed by atoms with van der Waals surface area (Å²) in [4.78, 5) is 0. The number of aryl methyl sites for hydroxylation is 1. The second-order valence-electron chi connectivity index (χ2n) is 2.82. The summed E-state index contributed by atoms with van der Waals surface area (Å²) in [5.41, 5.74) is 1.82. The van der Waals surface area contributed by atoms with E-state index in [1.807, 2.05) is 19.1 Å². The summed E-state index contributed by atoms with van der Waals surface area (Å²) in [6, 6.07) is 5.59. The van der Waals surface area contributed by atoms with Crippen molar-refractivity contribution in [2.45, 2.75) is 12.1 Å². The van der Waals surface area contributed by atoms with Crippen LogP contribution in [0.1, 0.15) is 5.56 Å². The van der Waals surface area contributed by atoms with Gasteiger partial charge in [0, 0.05) is 5.02 Å². The lowest BCUT2D eigenvalue weighted by Gasteiger charge is -2.03. The predicted molar refractivity (Wildman–Crippen MR) is 56.2 cm³/mol. The minimum absolute atomic E-state index is 0.435. The molecule has 1 heterocycles. The van der Waals surface area contributed by atoms with Crippen molar-refractivity contribution in [2.75, 3.05) is 0 Å². The van der Waals surface area contributed by atoms with E-state index in [2.05, 4.69) is 28.2 Å². The number of nitrogens with zero attached hydrogens (tertiary/aromatic N) is 4. The summed E-state index contributed by atoms with van der Waals surface area (Å²) in [6.45, 7) is 1.94. The zero-order valence-electron chi connectivity index (χ0n) is 7.35. The van der Waals surface area contributed by atoms with Crippen LogP contribution in [0.3, 0.4) is 0 Å². The molecular formula is C8H7ClN4S. The van der Waals surface area contributed by atoms with E-state index < -0.39 is 0 Å². The molecule has 1 aromatic carbocycles. The van der Waals surface area contributed by atoms with E-state index in [1.165, 1.54) is 4.68 Å². The molecule has 6 heteroatoms. The molecule has 0 bridgehead atoms. The first kappa shape index (κ1) is 9.48. The molecule has 0 saturated heterocycles. The molecular weight excluding hydrogens is 220 g/mol. The van der Waals surface area contributed by atoms with Gasteiger partial charge in [-0.3, -0.25) is 0 Å². The second-order valence-corrected chi connectivity index (χ2v) is 3.63. The van der Waals surface area contributed by atoms with Gasteiger partial charge in [0.15, 0.2) is 0 Å². The molecule has 0 aliphatic heterocycles. The highest BCUT2D eigenvalue weighted by atomic mass is 35.5. The van der Waals surface area contributed by atoms with Crippen LogP contribution >= 0.6 is 24.2 Å². The minimum atomic E-state index is 0.435. The van der Waals surface area contributed by atoms with E-state index in [-0.39, 0.29) is 0 Å². The van der Waals surface area contributed by atoms with Gasteiger partial charge in [0.25, 0.3) is 0 Å². The monoisotopic (exact) mass is 226 g/mol. The van der Waals surface area contributed by atoms with E-state index in [4.69, 9.17) is 11.6 Å². The molecule has 72 valence electrons. The maximum Gasteiger partial charge on any atom is 0.211 e. The van der Waals surface area contributed by atoms with Crippen LogP contribution in [-0.2, 0) is 0 Å². The molecule has 0 amide bonds. The predicted octanol–water partition coefficient (Wildman–Crippen LogP) is 1.91. The Hall–Kier alpha value is -1.07. The number of hydrogen-bond acceptors (Lipinski definition) is 4. The number of hydrogen-bond donors (Lipinski definition) is 1. The molecule has 2 rings (SSSR count). The number of rotatable bonds is 1. The Kier molecular flexibility index (Phi) is 2.43. The number of benzene rings is 1. The minimum Gasteiger partial charge on any atom is -0.188 e. The van der Waals surface area contributed by atoms with Crippen molar-refractivity contribution < 1.29 is 0 Å². The summed E-state index contributed by atoms with van der Waals surface area (Å²) in [5, 5.41) is 12.1. The van der Waals surface area contributed by atoms with Crippen molar-refractivity contribution in [3.05, 3.63) is 28.8 Å². The standard InChI is InChI=1S/C8H7ClN4S/c1-5-2-3-6(4-7(5)9)13-8(14)10-11-12-13/h2-4H,1H3,(H,10,12,14). The van der Waals surface area contributed by atoms with Crippen LogP contribution in [0.15, 0.2) is 23.4 Å². The van der Waals surface area contributed by atoms with Gasteiger partial charge in [0.05, 0.1) is 5.69 Å². The SMILES string of the molecule is Cc1ccc(-n2nnnc2S)cc1Cl. The molecule has 0 spiro atoms. The highest BCUT2D eigenvalue weighted by molar-refractivity contribution is 7.80. The Bertz CT molecular complexity index is 468. The van der Waals surface area contributed by atoms with E-state index >= 15 is 0 Å². The fourth-order valence-corrected chi connectivity index (χ4v) is 1.43. The average Bonchev–Trinajstić information content (AvgIpc) is 2.57. The highest BCUT2D eigenvalue weighted by Crippen LogP contribution is 2.19. The largest absolute Gasteiger partial charge is 0.211 e. The lowest BCUT2D eigenvalue weighted by Crippen LogP contribution is -1.97. The van der Waals surface area contributed by atoms with Crippen LogP contribution in [0.25, 0.3) is 5.69 Å². The summed E-state index contributed by atoms with van der Waals surface area (Å²) in [5.74, 6) is 0. The van der Waals surface area contributed by atoms with Gasteiger partial charge < -0.3 is 0 Å². The van der Waals surface area contributed by atoms with Crippen molar-refractivity contribution in [2.24, 2.45) is 0 Å². The van der Waals surface area contributed by atoms with Gasteiger partial charge >= 0.3 is 0 Å². The lowest BCUT2D eigenvalue weighted by atomic mass is 10.2. The van der Waals surface area contributed by atoms with Gasteiger partial charge in [0.2, 0.25) is 5.16 Å². The third-order valence-corrected chi connectivity index (χ3v) is 2.54. The smallest absolute Gasteiger partial charge is 0.188 e. The Morgan fingerprint density at radius 1 is 1.43 bits per heavy atom. The maximum atomic E-state index is 5.98. The number of aromatic nitrogens is 4. The molecule has 1 aromatic heterocycles. The first-order valence-corrected chi connectivity index (χ1v) is 4.75. The molecule has 0 N–H and O–H groups in total. The fourth-order valence-electron chi connectivity index (χ4n) is 1.06. The first-order valence-electron chi connectivity index (χ1n) is 3.92. The van der Waals surface area contributed by atoms with Gasteiger partial charge in [-0.25, -0.2) is 0 Å². The molecule has 0 unspecified atom stereocenters. The van der Waals surface area contributed by atoms with E-state index in [0.717, 1.165) is 11.3 Å². The van der Waals surface area contributed by atoms with Gasteiger partial charge in [0.1, 0.15) is 0 Å². The van der Waals surface area contributed by atoms with E-state index in [0.29, 0.717) is 10.2 Å². The third kappa shape index (κ3) is 1.60. The molecule has 4 nitrogen and oxygen atoms in total. The summed E-state index contributed by atoms with van der Waals surface area (Å²) < 4.78 is 1.51. The van der Waals surface area contributed by atoms with Crippen molar-refractivity contribution >= 4 is 24.2 Å². The van der Waals surface area contributed by atoms with Crippen molar-refractivity contribution in [3.8, 4) is 5.69 Å². The third-order valence-electron chi connectivity index (χ3n) is 1.85. The highest BCUT2D eigenvalue weighted by Gasteiger charge is 2.05. The maximum absolute atomic E-state index is 5.98. The Morgan fingerprint density at radius 2 is 2.21 bits per heavy atom. The molecule has 0 aliphatic carbocycles. The van der Waals surface area contributed by atoms with Crippen LogP contribution in [0.4, 0.5) is 0 Å². The molecule has 0 atom stereocenters. The van der Waals surface area contributed by atoms with Gasteiger partial charge in [-0.15, -0.1) is 17.7 Å². The quantitative estimate of drug-likeness (QED) is 0.756.